The topological polar surface area (TPSA) is 110 Å². The number of carboxylic acid groups (broad SMARTS) is 1. The Balaban J connectivity index is 1.15. The standard InChI is InChI=1S/C25H32N4O5/c30-22-4-3-21(23(31)26-22)29-15-18-14-19(1-2-20(18)24(29)32)27-9-5-16(6-10-27)13-17-7-11-28(12-8-17)25(33)34/h1-2,14,16-17,21H,3-13,15H2,(H,33,34)(H,26,30,31). The Morgan fingerprint density at radius 1 is 0.971 bits per heavy atom. The van der Waals surface area contributed by atoms with Gasteiger partial charge in [-0.1, -0.05) is 0 Å². The van der Waals surface area contributed by atoms with Gasteiger partial charge in [-0.2, -0.15) is 0 Å². The number of nitrogens with zero attached hydrogens (tertiary/aromatic N) is 3. The Kier molecular flexibility index (Phi) is 6.18. The van der Waals surface area contributed by atoms with Gasteiger partial charge >= 0.3 is 6.09 Å². The van der Waals surface area contributed by atoms with Gasteiger partial charge in [-0.3, -0.25) is 19.7 Å². The summed E-state index contributed by atoms with van der Waals surface area (Å²) in [5.74, 6) is 0.506. The molecule has 0 saturated carbocycles. The van der Waals surface area contributed by atoms with Crippen molar-refractivity contribution in [3.8, 4) is 0 Å². The summed E-state index contributed by atoms with van der Waals surface area (Å²) in [7, 11) is 0. The lowest BCUT2D eigenvalue weighted by Crippen LogP contribution is -2.52. The van der Waals surface area contributed by atoms with Crippen LogP contribution in [0.1, 0.15) is 60.9 Å². The first kappa shape index (κ1) is 22.7. The molecule has 4 amide bonds. The molecular weight excluding hydrogens is 436 g/mol. The highest BCUT2D eigenvalue weighted by atomic mass is 16.4. The number of carbonyl (C=O) groups excluding carboxylic acids is 3. The monoisotopic (exact) mass is 468 g/mol. The van der Waals surface area contributed by atoms with Gasteiger partial charge in [0.1, 0.15) is 6.04 Å². The zero-order valence-corrected chi connectivity index (χ0v) is 19.4. The SMILES string of the molecule is O=C1CCC(N2Cc3cc(N4CCC(CC5CCN(C(=O)O)CC5)CC4)ccc3C2=O)C(=O)N1. The maximum absolute atomic E-state index is 12.9. The second kappa shape index (κ2) is 9.27. The van der Waals surface area contributed by atoms with Crippen molar-refractivity contribution in [3.05, 3.63) is 29.3 Å². The number of hydrogen-bond acceptors (Lipinski definition) is 5. The van der Waals surface area contributed by atoms with Crippen molar-refractivity contribution in [3.63, 3.8) is 0 Å². The number of imide groups is 1. The lowest BCUT2D eigenvalue weighted by Gasteiger charge is -2.37. The highest BCUT2D eigenvalue weighted by Gasteiger charge is 2.39. The number of rotatable bonds is 4. The van der Waals surface area contributed by atoms with E-state index in [9.17, 15) is 19.2 Å². The first-order valence-corrected chi connectivity index (χ1v) is 12.4. The van der Waals surface area contributed by atoms with Crippen molar-refractivity contribution in [2.24, 2.45) is 11.8 Å². The summed E-state index contributed by atoms with van der Waals surface area (Å²) in [5.41, 5.74) is 2.71. The molecule has 0 aliphatic carbocycles. The summed E-state index contributed by atoms with van der Waals surface area (Å²) in [6, 6.07) is 5.38. The molecule has 5 rings (SSSR count). The molecule has 1 atom stereocenters. The molecule has 0 aromatic heterocycles. The van der Waals surface area contributed by atoms with E-state index in [0.29, 0.717) is 43.5 Å². The normalized spacial score (nSPS) is 24.4. The van der Waals surface area contributed by atoms with Crippen LogP contribution < -0.4 is 10.2 Å². The maximum Gasteiger partial charge on any atom is 0.407 e. The maximum atomic E-state index is 12.9. The average molecular weight is 469 g/mol. The van der Waals surface area contributed by atoms with E-state index in [4.69, 9.17) is 5.11 Å². The number of likely N-dealkylation sites (tertiary alicyclic amines) is 1. The largest absolute Gasteiger partial charge is 0.465 e. The third kappa shape index (κ3) is 4.48. The van der Waals surface area contributed by atoms with Crippen LogP contribution in [0.25, 0.3) is 0 Å². The van der Waals surface area contributed by atoms with Crippen LogP contribution in [0.2, 0.25) is 0 Å². The van der Waals surface area contributed by atoms with Crippen molar-refractivity contribution in [1.29, 1.82) is 0 Å². The zero-order chi connectivity index (χ0) is 23.8. The minimum Gasteiger partial charge on any atom is -0.465 e. The number of fused-ring (bicyclic) bond motifs is 1. The lowest BCUT2D eigenvalue weighted by molar-refractivity contribution is -0.136. The van der Waals surface area contributed by atoms with Gasteiger partial charge in [-0.05, 0) is 74.1 Å². The minimum absolute atomic E-state index is 0.135. The summed E-state index contributed by atoms with van der Waals surface area (Å²) in [4.78, 5) is 53.2. The molecule has 0 radical (unpaired) electrons. The van der Waals surface area contributed by atoms with Crippen LogP contribution in [0.4, 0.5) is 10.5 Å². The Labute approximate surface area is 199 Å². The summed E-state index contributed by atoms with van der Waals surface area (Å²) in [5, 5.41) is 11.5. The molecule has 3 saturated heterocycles. The highest BCUT2D eigenvalue weighted by molar-refractivity contribution is 6.05. The van der Waals surface area contributed by atoms with Gasteiger partial charge in [0.2, 0.25) is 11.8 Å². The molecule has 9 heteroatoms. The molecule has 4 aliphatic heterocycles. The Morgan fingerprint density at radius 2 is 1.65 bits per heavy atom. The van der Waals surface area contributed by atoms with Gasteiger partial charge in [0.15, 0.2) is 0 Å². The van der Waals surface area contributed by atoms with Crippen molar-refractivity contribution in [1.82, 2.24) is 15.1 Å². The summed E-state index contributed by atoms with van der Waals surface area (Å²) >= 11 is 0. The first-order chi connectivity index (χ1) is 16.4. The number of piperidine rings is 3. The van der Waals surface area contributed by atoms with Crippen LogP contribution in [-0.2, 0) is 16.1 Å². The average Bonchev–Trinajstić information content (AvgIpc) is 3.15. The van der Waals surface area contributed by atoms with Crippen molar-refractivity contribution in [2.45, 2.75) is 57.5 Å². The van der Waals surface area contributed by atoms with Gasteiger partial charge in [0, 0.05) is 50.4 Å². The Morgan fingerprint density at radius 3 is 2.29 bits per heavy atom. The van der Waals surface area contributed by atoms with Crippen LogP contribution in [0.15, 0.2) is 18.2 Å². The third-order valence-electron chi connectivity index (χ3n) is 8.04. The molecule has 0 spiro atoms. The number of carbonyl (C=O) groups is 4. The van der Waals surface area contributed by atoms with E-state index >= 15 is 0 Å². The second-order valence-corrected chi connectivity index (χ2v) is 10.1. The van der Waals surface area contributed by atoms with Gasteiger partial charge in [-0.15, -0.1) is 0 Å². The van der Waals surface area contributed by atoms with E-state index in [1.807, 2.05) is 12.1 Å². The summed E-state index contributed by atoms with van der Waals surface area (Å²) < 4.78 is 0. The van der Waals surface area contributed by atoms with E-state index in [2.05, 4.69) is 16.3 Å². The molecule has 1 aromatic rings. The highest BCUT2D eigenvalue weighted by Crippen LogP contribution is 2.34. The van der Waals surface area contributed by atoms with Crippen LogP contribution in [0.3, 0.4) is 0 Å². The zero-order valence-electron chi connectivity index (χ0n) is 19.4. The summed E-state index contributed by atoms with van der Waals surface area (Å²) in [6.07, 6.45) is 5.19. The van der Waals surface area contributed by atoms with Gasteiger partial charge in [0.25, 0.3) is 5.91 Å². The fraction of sp³-hybridized carbons (Fsp3) is 0.600. The van der Waals surface area contributed by atoms with Crippen LogP contribution in [0, 0.1) is 11.8 Å². The fourth-order valence-corrected chi connectivity index (χ4v) is 6.02. The smallest absolute Gasteiger partial charge is 0.407 e. The number of hydrogen-bond donors (Lipinski definition) is 2. The molecule has 34 heavy (non-hydrogen) atoms. The van der Waals surface area contributed by atoms with Gasteiger partial charge in [0.05, 0.1) is 0 Å². The van der Waals surface area contributed by atoms with Crippen LogP contribution in [-0.4, -0.2) is 70.9 Å². The first-order valence-electron chi connectivity index (χ1n) is 12.4. The van der Waals surface area contributed by atoms with Crippen molar-refractivity contribution in [2.75, 3.05) is 31.1 Å². The Hall–Kier alpha value is -3.10. The van der Waals surface area contributed by atoms with E-state index in [-0.39, 0.29) is 24.1 Å². The lowest BCUT2D eigenvalue weighted by atomic mass is 9.83. The molecule has 4 aliphatic rings. The Bertz CT molecular complexity index is 995. The second-order valence-electron chi connectivity index (χ2n) is 10.1. The number of nitrogens with one attached hydrogen (secondary N) is 1. The quantitative estimate of drug-likeness (QED) is 0.657. The minimum atomic E-state index is -0.803. The number of anilines is 1. The predicted molar refractivity (Wildman–Crippen MR) is 124 cm³/mol. The molecule has 1 unspecified atom stereocenters. The molecule has 2 N–H and O–H groups in total. The molecule has 1 aromatic carbocycles. The summed E-state index contributed by atoms with van der Waals surface area (Å²) in [6.45, 7) is 3.66. The van der Waals surface area contributed by atoms with Crippen LogP contribution >= 0.6 is 0 Å². The molecular formula is C25H32N4O5. The fourth-order valence-electron chi connectivity index (χ4n) is 6.02. The van der Waals surface area contributed by atoms with E-state index in [1.165, 1.54) is 11.3 Å². The molecule has 3 fully saturated rings. The molecule has 0 bridgehead atoms. The number of amides is 4. The van der Waals surface area contributed by atoms with Crippen LogP contribution in [0.5, 0.6) is 0 Å². The van der Waals surface area contributed by atoms with E-state index in [1.54, 1.807) is 4.90 Å². The predicted octanol–water partition coefficient (Wildman–Crippen LogP) is 2.44. The van der Waals surface area contributed by atoms with E-state index < -0.39 is 12.1 Å². The molecule has 9 nitrogen and oxygen atoms in total. The molecule has 182 valence electrons. The third-order valence-corrected chi connectivity index (χ3v) is 8.04. The van der Waals surface area contributed by atoms with Crippen molar-refractivity contribution >= 4 is 29.5 Å². The number of benzene rings is 1. The molecule has 4 heterocycles. The van der Waals surface area contributed by atoms with Gasteiger partial charge < -0.3 is 19.8 Å². The van der Waals surface area contributed by atoms with Crippen molar-refractivity contribution < 1.29 is 24.3 Å². The van der Waals surface area contributed by atoms with Gasteiger partial charge in [-0.25, -0.2) is 4.79 Å². The van der Waals surface area contributed by atoms with E-state index in [0.717, 1.165) is 50.0 Å².